The van der Waals surface area contributed by atoms with Crippen molar-refractivity contribution in [2.45, 2.75) is 37.4 Å². The predicted octanol–water partition coefficient (Wildman–Crippen LogP) is 1.45. The van der Waals surface area contributed by atoms with E-state index in [4.69, 9.17) is 19.9 Å². The van der Waals surface area contributed by atoms with Crippen molar-refractivity contribution in [3.05, 3.63) is 94.5 Å². The van der Waals surface area contributed by atoms with Gasteiger partial charge in [-0.1, -0.05) is 60.7 Å². The fourth-order valence-corrected chi connectivity index (χ4v) is 3.79. The molecule has 3 N–H and O–H groups in total. The third-order valence-electron chi connectivity index (χ3n) is 5.49. The van der Waals surface area contributed by atoms with Crippen LogP contribution < -0.4 is 11.4 Å². The molecule has 0 saturated carbocycles. The zero-order valence-corrected chi connectivity index (χ0v) is 20.0. The zero-order chi connectivity index (χ0) is 24.8. The molecule has 190 valence electrons. The summed E-state index contributed by atoms with van der Waals surface area (Å²) in [6.45, 7) is -0.292. The Morgan fingerprint density at radius 1 is 0.972 bits per heavy atom. The van der Waals surface area contributed by atoms with E-state index >= 15 is 0 Å². The van der Waals surface area contributed by atoms with Crippen LogP contribution in [0.3, 0.4) is 0 Å². The summed E-state index contributed by atoms with van der Waals surface area (Å²) in [6.07, 6.45) is -3.51. The minimum Gasteiger partial charge on any atom is -0.463 e. The fourth-order valence-electron chi connectivity index (χ4n) is 3.79. The second kappa shape index (κ2) is 12.3. The van der Waals surface area contributed by atoms with E-state index in [1.54, 1.807) is 36.4 Å². The van der Waals surface area contributed by atoms with E-state index in [0.717, 1.165) is 15.7 Å². The molecule has 36 heavy (non-hydrogen) atoms. The SMILES string of the molecule is Cl.Nc1ccn([C@@H]2O[C@H](COC(=O)Cc3ccccc3)[C@@H](OC(=O)Cc3ccccc3)[C@@H]2O)c(=O)n1. The van der Waals surface area contributed by atoms with E-state index < -0.39 is 42.2 Å². The number of nitrogens with zero attached hydrogens (tertiary/aromatic N) is 2. The van der Waals surface area contributed by atoms with Gasteiger partial charge in [-0.05, 0) is 17.2 Å². The zero-order valence-electron chi connectivity index (χ0n) is 19.1. The molecule has 1 saturated heterocycles. The Kier molecular flexibility index (Phi) is 9.18. The molecule has 1 aliphatic rings. The van der Waals surface area contributed by atoms with Crippen molar-refractivity contribution in [2.24, 2.45) is 0 Å². The van der Waals surface area contributed by atoms with Crippen LogP contribution in [0.2, 0.25) is 0 Å². The molecule has 0 aliphatic carbocycles. The summed E-state index contributed by atoms with van der Waals surface area (Å²) in [6, 6.07) is 19.4. The third-order valence-corrected chi connectivity index (χ3v) is 5.49. The number of carbonyl (C=O) groups is 2. The molecule has 1 aliphatic heterocycles. The van der Waals surface area contributed by atoms with Gasteiger partial charge in [0.2, 0.25) is 0 Å². The summed E-state index contributed by atoms with van der Waals surface area (Å²) in [4.78, 5) is 40.9. The third kappa shape index (κ3) is 6.69. The average Bonchev–Trinajstić information content (AvgIpc) is 3.14. The molecular formula is C25H26ClN3O7. The van der Waals surface area contributed by atoms with Crippen LogP contribution in [-0.2, 0) is 36.6 Å². The summed E-state index contributed by atoms with van der Waals surface area (Å²) in [5.74, 6) is -1.11. The van der Waals surface area contributed by atoms with Crippen molar-refractivity contribution >= 4 is 30.2 Å². The predicted molar refractivity (Wildman–Crippen MR) is 131 cm³/mol. The van der Waals surface area contributed by atoms with Crippen LogP contribution >= 0.6 is 12.4 Å². The Morgan fingerprint density at radius 2 is 1.56 bits per heavy atom. The Morgan fingerprint density at radius 3 is 2.14 bits per heavy atom. The Balaban J connectivity index is 0.00000361. The Labute approximate surface area is 213 Å². The van der Waals surface area contributed by atoms with E-state index in [0.29, 0.717) is 0 Å². The number of hydrogen-bond acceptors (Lipinski definition) is 9. The maximum Gasteiger partial charge on any atom is 0.351 e. The van der Waals surface area contributed by atoms with Crippen molar-refractivity contribution in [3.63, 3.8) is 0 Å². The molecule has 0 unspecified atom stereocenters. The number of anilines is 1. The summed E-state index contributed by atoms with van der Waals surface area (Å²) in [5, 5.41) is 10.9. The standard InChI is InChI=1S/C25H25N3O7.ClH/c26-19-11-12-28(25(32)27-19)24-22(31)23(35-21(30)14-17-9-5-2-6-10-17)18(34-24)15-33-20(29)13-16-7-3-1-4-8-16;/h1-12,18,22-24,31H,13-15H2,(H2,26,27,32);1H/t18-,22+,23-,24-;/m1./s1. The number of benzene rings is 2. The summed E-state index contributed by atoms with van der Waals surface area (Å²) in [5.41, 5.74) is 6.30. The van der Waals surface area contributed by atoms with Gasteiger partial charge in [0.25, 0.3) is 0 Å². The lowest BCUT2D eigenvalue weighted by molar-refractivity contribution is -0.159. The minimum absolute atomic E-state index is 0. The van der Waals surface area contributed by atoms with E-state index in [-0.39, 0.29) is 37.7 Å². The summed E-state index contributed by atoms with van der Waals surface area (Å²) in [7, 11) is 0. The largest absolute Gasteiger partial charge is 0.463 e. The molecule has 1 aromatic heterocycles. The van der Waals surface area contributed by atoms with Crippen molar-refractivity contribution in [1.82, 2.24) is 9.55 Å². The molecule has 0 spiro atoms. The van der Waals surface area contributed by atoms with Gasteiger partial charge in [0.05, 0.1) is 12.8 Å². The lowest BCUT2D eigenvalue weighted by Crippen LogP contribution is -2.40. The van der Waals surface area contributed by atoms with Crippen LogP contribution in [0.5, 0.6) is 0 Å². The van der Waals surface area contributed by atoms with Gasteiger partial charge in [0, 0.05) is 6.20 Å². The molecule has 11 heteroatoms. The first kappa shape index (κ1) is 26.9. The first-order valence-corrected chi connectivity index (χ1v) is 11.0. The summed E-state index contributed by atoms with van der Waals surface area (Å²) < 4.78 is 17.8. The van der Waals surface area contributed by atoms with Gasteiger partial charge in [0.1, 0.15) is 24.6 Å². The van der Waals surface area contributed by atoms with E-state index in [2.05, 4.69) is 4.98 Å². The number of carbonyl (C=O) groups excluding carboxylic acids is 2. The first-order valence-electron chi connectivity index (χ1n) is 11.0. The monoisotopic (exact) mass is 515 g/mol. The number of rotatable bonds is 8. The van der Waals surface area contributed by atoms with Crippen LogP contribution in [-0.4, -0.2) is 51.5 Å². The fraction of sp³-hybridized carbons (Fsp3) is 0.280. The van der Waals surface area contributed by atoms with E-state index in [1.807, 2.05) is 24.3 Å². The highest BCUT2D eigenvalue weighted by molar-refractivity contribution is 5.85. The topological polar surface area (TPSA) is 143 Å². The van der Waals surface area contributed by atoms with Crippen LogP contribution in [0.1, 0.15) is 17.4 Å². The highest BCUT2D eigenvalue weighted by Crippen LogP contribution is 2.31. The molecule has 0 amide bonds. The quantitative estimate of drug-likeness (QED) is 0.426. The number of ether oxygens (including phenoxy) is 3. The number of aliphatic hydroxyl groups is 1. The van der Waals surface area contributed by atoms with E-state index in [9.17, 15) is 19.5 Å². The maximum absolute atomic E-state index is 12.6. The minimum atomic E-state index is -1.42. The van der Waals surface area contributed by atoms with Gasteiger partial charge in [-0.25, -0.2) is 4.79 Å². The molecule has 2 heterocycles. The molecular weight excluding hydrogens is 490 g/mol. The molecule has 0 radical (unpaired) electrons. The van der Waals surface area contributed by atoms with Crippen LogP contribution in [0.4, 0.5) is 5.82 Å². The Hall–Kier alpha value is -3.73. The van der Waals surface area contributed by atoms with Crippen molar-refractivity contribution < 1.29 is 28.9 Å². The molecule has 0 bridgehead atoms. The molecule has 10 nitrogen and oxygen atoms in total. The number of halogens is 1. The molecule has 3 aromatic rings. The maximum atomic E-state index is 12.6. The number of aromatic nitrogens is 2. The average molecular weight is 516 g/mol. The molecule has 4 atom stereocenters. The normalized spacial score (nSPS) is 20.8. The second-order valence-corrected chi connectivity index (χ2v) is 8.06. The number of hydrogen-bond donors (Lipinski definition) is 2. The second-order valence-electron chi connectivity index (χ2n) is 8.06. The first-order chi connectivity index (χ1) is 16.9. The number of nitrogens with two attached hydrogens (primary N) is 1. The van der Waals surface area contributed by atoms with Gasteiger partial charge < -0.3 is 25.1 Å². The van der Waals surface area contributed by atoms with Crippen LogP contribution in [0, 0.1) is 0 Å². The lowest BCUT2D eigenvalue weighted by atomic mass is 10.1. The van der Waals surface area contributed by atoms with Crippen molar-refractivity contribution in [1.29, 1.82) is 0 Å². The van der Waals surface area contributed by atoms with E-state index in [1.165, 1.54) is 12.3 Å². The molecule has 4 rings (SSSR count). The van der Waals surface area contributed by atoms with Gasteiger partial charge >= 0.3 is 17.6 Å². The molecule has 1 fully saturated rings. The number of aliphatic hydroxyl groups excluding tert-OH is 1. The number of nitrogen functional groups attached to an aromatic ring is 1. The van der Waals surface area contributed by atoms with Crippen LogP contribution in [0.15, 0.2) is 77.7 Å². The lowest BCUT2D eigenvalue weighted by Gasteiger charge is -2.21. The van der Waals surface area contributed by atoms with Crippen molar-refractivity contribution in [2.75, 3.05) is 12.3 Å². The highest BCUT2D eigenvalue weighted by atomic mass is 35.5. The van der Waals surface area contributed by atoms with Gasteiger partial charge in [-0.3, -0.25) is 14.2 Å². The Bertz CT molecular complexity index is 1220. The van der Waals surface area contributed by atoms with Gasteiger partial charge in [0.15, 0.2) is 12.3 Å². The smallest absolute Gasteiger partial charge is 0.351 e. The summed E-state index contributed by atoms with van der Waals surface area (Å²) >= 11 is 0. The number of esters is 2. The highest BCUT2D eigenvalue weighted by Gasteiger charge is 2.48. The van der Waals surface area contributed by atoms with Crippen molar-refractivity contribution in [3.8, 4) is 0 Å². The van der Waals surface area contributed by atoms with Crippen LogP contribution in [0.25, 0.3) is 0 Å². The molecule has 2 aromatic carbocycles. The van der Waals surface area contributed by atoms with Gasteiger partial charge in [-0.15, -0.1) is 12.4 Å². The van der Waals surface area contributed by atoms with Gasteiger partial charge in [-0.2, -0.15) is 4.98 Å².